The van der Waals surface area contributed by atoms with Crippen molar-refractivity contribution in [3.05, 3.63) is 51.9 Å². The minimum atomic E-state index is 0.574. The lowest BCUT2D eigenvalue weighted by Gasteiger charge is -2.33. The van der Waals surface area contributed by atoms with E-state index < -0.39 is 0 Å². The van der Waals surface area contributed by atoms with Gasteiger partial charge in [0.1, 0.15) is 5.82 Å². The Labute approximate surface area is 154 Å². The molecule has 4 nitrogen and oxygen atoms in total. The summed E-state index contributed by atoms with van der Waals surface area (Å²) in [6.07, 6.45) is 5.92. The van der Waals surface area contributed by atoms with E-state index in [1.165, 1.54) is 42.5 Å². The van der Waals surface area contributed by atoms with E-state index in [9.17, 15) is 0 Å². The second kappa shape index (κ2) is 7.67. The van der Waals surface area contributed by atoms with Gasteiger partial charge in [-0.05, 0) is 63.0 Å². The van der Waals surface area contributed by atoms with Crippen LogP contribution in [0.1, 0.15) is 48.4 Å². The Morgan fingerprint density at radius 2 is 1.92 bits per heavy atom. The highest BCUT2D eigenvalue weighted by molar-refractivity contribution is 7.71. The molecule has 0 spiro atoms. The third kappa shape index (κ3) is 3.93. The molecule has 0 radical (unpaired) electrons. The SMILES string of the molecule is S=c1nc2c(c(C3CCN(Cc4ccccc4)CC3)[nH]1)CCCCN2. The van der Waals surface area contributed by atoms with Crippen molar-refractivity contribution in [2.45, 2.75) is 44.6 Å². The summed E-state index contributed by atoms with van der Waals surface area (Å²) in [6, 6.07) is 10.8. The predicted molar refractivity (Wildman–Crippen MR) is 105 cm³/mol. The molecular weight excluding hydrogens is 328 g/mol. The van der Waals surface area contributed by atoms with Crippen LogP contribution < -0.4 is 5.32 Å². The third-order valence-corrected chi connectivity index (χ3v) is 5.65. The molecular formula is C20H26N4S. The number of likely N-dealkylation sites (tertiary alicyclic amines) is 1. The van der Waals surface area contributed by atoms with Crippen molar-refractivity contribution in [2.24, 2.45) is 0 Å². The van der Waals surface area contributed by atoms with Gasteiger partial charge in [-0.2, -0.15) is 0 Å². The molecule has 1 aromatic heterocycles. The van der Waals surface area contributed by atoms with Crippen LogP contribution in [-0.4, -0.2) is 34.5 Å². The van der Waals surface area contributed by atoms with Gasteiger partial charge < -0.3 is 10.3 Å². The van der Waals surface area contributed by atoms with Crippen molar-refractivity contribution in [1.29, 1.82) is 0 Å². The van der Waals surface area contributed by atoms with E-state index in [2.05, 4.69) is 50.5 Å². The smallest absolute Gasteiger partial charge is 0.198 e. The predicted octanol–water partition coefficient (Wildman–Crippen LogP) is 4.27. The molecule has 0 atom stereocenters. The maximum absolute atomic E-state index is 5.39. The molecule has 2 aliphatic heterocycles. The maximum atomic E-state index is 5.39. The van der Waals surface area contributed by atoms with Crippen LogP contribution in [0.15, 0.2) is 30.3 Å². The Morgan fingerprint density at radius 3 is 2.72 bits per heavy atom. The van der Waals surface area contributed by atoms with Gasteiger partial charge in [-0.1, -0.05) is 30.3 Å². The number of fused-ring (bicyclic) bond motifs is 1. The zero-order chi connectivity index (χ0) is 17.1. The monoisotopic (exact) mass is 354 g/mol. The van der Waals surface area contributed by atoms with E-state index in [0.29, 0.717) is 10.7 Å². The number of benzene rings is 1. The molecule has 4 rings (SSSR count). The number of aromatic nitrogens is 2. The summed E-state index contributed by atoms with van der Waals surface area (Å²) in [5, 5.41) is 3.48. The van der Waals surface area contributed by atoms with Crippen LogP contribution in [0, 0.1) is 4.77 Å². The van der Waals surface area contributed by atoms with Gasteiger partial charge in [-0.15, -0.1) is 0 Å². The average molecular weight is 355 g/mol. The Hall–Kier alpha value is -1.72. The second-order valence-corrected chi connectivity index (χ2v) is 7.59. The fraction of sp³-hybridized carbons (Fsp3) is 0.500. The van der Waals surface area contributed by atoms with Gasteiger partial charge in [0.25, 0.3) is 0 Å². The lowest BCUT2D eigenvalue weighted by molar-refractivity contribution is 0.203. The lowest BCUT2D eigenvalue weighted by atomic mass is 9.89. The Morgan fingerprint density at radius 1 is 1.12 bits per heavy atom. The lowest BCUT2D eigenvalue weighted by Crippen LogP contribution is -2.33. The van der Waals surface area contributed by atoms with E-state index in [-0.39, 0.29) is 0 Å². The average Bonchev–Trinajstić information content (AvgIpc) is 2.88. The van der Waals surface area contributed by atoms with Crippen LogP contribution >= 0.6 is 12.2 Å². The number of anilines is 1. The van der Waals surface area contributed by atoms with E-state index in [1.807, 2.05) is 0 Å². The molecule has 2 aromatic rings. The van der Waals surface area contributed by atoms with Crippen molar-refractivity contribution < 1.29 is 0 Å². The van der Waals surface area contributed by atoms with Crippen LogP contribution in [-0.2, 0) is 13.0 Å². The van der Waals surface area contributed by atoms with E-state index in [1.54, 1.807) is 0 Å². The highest BCUT2D eigenvalue weighted by Gasteiger charge is 2.25. The molecule has 0 unspecified atom stereocenters. The number of H-pyrrole nitrogens is 1. The number of aromatic amines is 1. The summed E-state index contributed by atoms with van der Waals surface area (Å²) in [5.74, 6) is 1.60. The van der Waals surface area contributed by atoms with Gasteiger partial charge >= 0.3 is 0 Å². The molecule has 1 saturated heterocycles. The molecule has 0 amide bonds. The van der Waals surface area contributed by atoms with Gasteiger partial charge in [-0.3, -0.25) is 4.90 Å². The molecule has 5 heteroatoms. The topological polar surface area (TPSA) is 44.0 Å². The number of piperidine rings is 1. The van der Waals surface area contributed by atoms with Gasteiger partial charge in [0.2, 0.25) is 0 Å². The first-order valence-corrected chi connectivity index (χ1v) is 9.83. The quantitative estimate of drug-likeness (QED) is 0.808. The summed E-state index contributed by atoms with van der Waals surface area (Å²) in [6.45, 7) is 4.35. The molecule has 2 N–H and O–H groups in total. The molecule has 0 saturated carbocycles. The second-order valence-electron chi connectivity index (χ2n) is 7.20. The normalized spacial score (nSPS) is 19.0. The zero-order valence-electron chi connectivity index (χ0n) is 14.6. The van der Waals surface area contributed by atoms with E-state index >= 15 is 0 Å². The first-order valence-electron chi connectivity index (χ1n) is 9.43. The van der Waals surface area contributed by atoms with Crippen molar-refractivity contribution in [2.75, 3.05) is 25.0 Å². The van der Waals surface area contributed by atoms with Gasteiger partial charge in [0.05, 0.1) is 0 Å². The molecule has 25 heavy (non-hydrogen) atoms. The first kappa shape index (κ1) is 16.7. The molecule has 1 aromatic carbocycles. The zero-order valence-corrected chi connectivity index (χ0v) is 15.4. The number of nitrogens with one attached hydrogen (secondary N) is 2. The summed E-state index contributed by atoms with van der Waals surface area (Å²) in [5.41, 5.74) is 4.14. The van der Waals surface area contributed by atoms with Crippen LogP contribution in [0.3, 0.4) is 0 Å². The third-order valence-electron chi connectivity index (χ3n) is 5.46. The summed E-state index contributed by atoms with van der Waals surface area (Å²) >= 11 is 5.39. The standard InChI is InChI=1S/C20H26N4S/c25-20-22-18(17-8-4-5-11-21-19(17)23-20)16-9-12-24(13-10-16)14-15-6-2-1-3-7-15/h1-3,6-7,16H,4-5,8-14H2,(H2,21,22,23,25). The highest BCUT2D eigenvalue weighted by atomic mass is 32.1. The van der Waals surface area contributed by atoms with Crippen LogP contribution in [0.2, 0.25) is 0 Å². The number of hydrogen-bond acceptors (Lipinski definition) is 4. The minimum Gasteiger partial charge on any atom is -0.370 e. The van der Waals surface area contributed by atoms with Crippen molar-refractivity contribution >= 4 is 18.0 Å². The summed E-state index contributed by atoms with van der Waals surface area (Å²) in [7, 11) is 0. The Balaban J connectivity index is 1.47. The molecule has 2 aliphatic rings. The van der Waals surface area contributed by atoms with Crippen LogP contribution in [0.5, 0.6) is 0 Å². The van der Waals surface area contributed by atoms with Crippen molar-refractivity contribution in [3.8, 4) is 0 Å². The van der Waals surface area contributed by atoms with Crippen molar-refractivity contribution in [3.63, 3.8) is 0 Å². The minimum absolute atomic E-state index is 0.574. The van der Waals surface area contributed by atoms with Crippen molar-refractivity contribution in [1.82, 2.24) is 14.9 Å². The van der Waals surface area contributed by atoms with Gasteiger partial charge in [-0.25, -0.2) is 4.98 Å². The molecule has 132 valence electrons. The summed E-state index contributed by atoms with van der Waals surface area (Å²) < 4.78 is 0.620. The maximum Gasteiger partial charge on any atom is 0.198 e. The Bertz CT molecular complexity index is 763. The fourth-order valence-electron chi connectivity index (χ4n) is 4.12. The first-order chi connectivity index (χ1) is 12.3. The fourth-order valence-corrected chi connectivity index (χ4v) is 4.32. The highest BCUT2D eigenvalue weighted by Crippen LogP contribution is 2.33. The Kier molecular flexibility index (Phi) is 5.13. The molecule has 1 fully saturated rings. The van der Waals surface area contributed by atoms with Gasteiger partial charge in [0.15, 0.2) is 4.77 Å². The molecule has 0 aliphatic carbocycles. The van der Waals surface area contributed by atoms with Crippen LogP contribution in [0.25, 0.3) is 0 Å². The van der Waals surface area contributed by atoms with E-state index in [0.717, 1.165) is 38.4 Å². The van der Waals surface area contributed by atoms with Crippen LogP contribution in [0.4, 0.5) is 5.82 Å². The molecule has 0 bridgehead atoms. The number of nitrogens with zero attached hydrogens (tertiary/aromatic N) is 2. The summed E-state index contributed by atoms with van der Waals surface area (Å²) in [4.78, 5) is 10.5. The number of rotatable bonds is 3. The van der Waals surface area contributed by atoms with Gasteiger partial charge in [0, 0.05) is 30.3 Å². The molecule has 3 heterocycles. The largest absolute Gasteiger partial charge is 0.370 e. The van der Waals surface area contributed by atoms with E-state index in [4.69, 9.17) is 12.2 Å². The number of hydrogen-bond donors (Lipinski definition) is 2.